The molecule has 0 aliphatic carbocycles. The molecule has 0 atom stereocenters. The van der Waals surface area contributed by atoms with Crippen molar-refractivity contribution in [2.45, 2.75) is 38.0 Å². The SMILES string of the molecule is CCCc1ccc(C(=O)NCC2(c3ccccc3)CCOCC2)cc1. The van der Waals surface area contributed by atoms with Gasteiger partial charge in [0.05, 0.1) is 0 Å². The van der Waals surface area contributed by atoms with Crippen LogP contribution in [0, 0.1) is 0 Å². The summed E-state index contributed by atoms with van der Waals surface area (Å²) in [7, 11) is 0. The average molecular weight is 337 g/mol. The van der Waals surface area contributed by atoms with E-state index < -0.39 is 0 Å². The van der Waals surface area contributed by atoms with Crippen molar-refractivity contribution in [1.82, 2.24) is 5.32 Å². The predicted octanol–water partition coefficient (Wildman–Crippen LogP) is 4.12. The Bertz CT molecular complexity index is 673. The topological polar surface area (TPSA) is 38.3 Å². The Morgan fingerprint density at radius 3 is 2.36 bits per heavy atom. The van der Waals surface area contributed by atoms with Crippen LogP contribution >= 0.6 is 0 Å². The minimum absolute atomic E-state index is 0.00449. The first-order valence-corrected chi connectivity index (χ1v) is 9.24. The van der Waals surface area contributed by atoms with Gasteiger partial charge in [-0.1, -0.05) is 55.8 Å². The maximum Gasteiger partial charge on any atom is 0.251 e. The lowest BCUT2D eigenvalue weighted by Crippen LogP contribution is -2.44. The second-order valence-electron chi connectivity index (χ2n) is 6.89. The van der Waals surface area contributed by atoms with Gasteiger partial charge in [-0.3, -0.25) is 4.79 Å². The van der Waals surface area contributed by atoms with Gasteiger partial charge >= 0.3 is 0 Å². The van der Waals surface area contributed by atoms with Crippen molar-refractivity contribution in [3.05, 3.63) is 71.3 Å². The molecule has 0 radical (unpaired) electrons. The number of amides is 1. The van der Waals surface area contributed by atoms with Crippen LogP contribution in [-0.2, 0) is 16.6 Å². The van der Waals surface area contributed by atoms with Crippen molar-refractivity contribution in [2.75, 3.05) is 19.8 Å². The lowest BCUT2D eigenvalue weighted by molar-refractivity contribution is 0.0487. The molecule has 3 heteroatoms. The zero-order valence-corrected chi connectivity index (χ0v) is 15.0. The molecule has 132 valence electrons. The van der Waals surface area contributed by atoms with E-state index in [4.69, 9.17) is 4.74 Å². The van der Waals surface area contributed by atoms with Crippen LogP contribution < -0.4 is 5.32 Å². The summed E-state index contributed by atoms with van der Waals surface area (Å²) in [5, 5.41) is 3.16. The van der Waals surface area contributed by atoms with Gasteiger partial charge in [0.25, 0.3) is 5.91 Å². The Labute approximate surface area is 150 Å². The van der Waals surface area contributed by atoms with Crippen molar-refractivity contribution in [2.24, 2.45) is 0 Å². The summed E-state index contributed by atoms with van der Waals surface area (Å²) in [5.41, 5.74) is 3.27. The Hall–Kier alpha value is -2.13. The van der Waals surface area contributed by atoms with Crippen molar-refractivity contribution in [3.63, 3.8) is 0 Å². The van der Waals surface area contributed by atoms with Crippen molar-refractivity contribution >= 4 is 5.91 Å². The second-order valence-corrected chi connectivity index (χ2v) is 6.89. The van der Waals surface area contributed by atoms with E-state index in [0.29, 0.717) is 6.54 Å². The largest absolute Gasteiger partial charge is 0.381 e. The third-order valence-corrected chi connectivity index (χ3v) is 5.18. The van der Waals surface area contributed by atoms with Crippen LogP contribution in [0.15, 0.2) is 54.6 Å². The Morgan fingerprint density at radius 2 is 1.72 bits per heavy atom. The zero-order chi connectivity index (χ0) is 17.5. The lowest BCUT2D eigenvalue weighted by Gasteiger charge is -2.38. The number of nitrogens with one attached hydrogen (secondary N) is 1. The predicted molar refractivity (Wildman–Crippen MR) is 101 cm³/mol. The number of carbonyl (C=O) groups excluding carboxylic acids is 1. The molecule has 1 heterocycles. The van der Waals surface area contributed by atoms with Crippen molar-refractivity contribution < 1.29 is 9.53 Å². The molecule has 3 nitrogen and oxygen atoms in total. The number of hydrogen-bond donors (Lipinski definition) is 1. The number of benzene rings is 2. The van der Waals surface area contributed by atoms with Gasteiger partial charge in [-0.2, -0.15) is 0 Å². The summed E-state index contributed by atoms with van der Waals surface area (Å²) < 4.78 is 5.56. The highest BCUT2D eigenvalue weighted by molar-refractivity contribution is 5.94. The van der Waals surface area contributed by atoms with E-state index in [0.717, 1.165) is 44.5 Å². The Morgan fingerprint density at radius 1 is 1.04 bits per heavy atom. The summed E-state index contributed by atoms with van der Waals surface area (Å²) in [4.78, 5) is 12.6. The highest BCUT2D eigenvalue weighted by atomic mass is 16.5. The van der Waals surface area contributed by atoms with Crippen LogP contribution in [0.2, 0.25) is 0 Å². The first kappa shape index (κ1) is 17.7. The molecular formula is C22H27NO2. The normalized spacial score (nSPS) is 16.4. The van der Waals surface area contributed by atoms with Gasteiger partial charge in [-0.05, 0) is 42.5 Å². The number of rotatable bonds is 6. The molecule has 1 aliphatic rings. The monoisotopic (exact) mass is 337 g/mol. The van der Waals surface area contributed by atoms with Crippen LogP contribution in [0.1, 0.15) is 47.7 Å². The van der Waals surface area contributed by atoms with Gasteiger partial charge in [-0.15, -0.1) is 0 Å². The smallest absolute Gasteiger partial charge is 0.251 e. The van der Waals surface area contributed by atoms with Crippen LogP contribution in [-0.4, -0.2) is 25.7 Å². The second kappa shape index (κ2) is 8.30. The molecule has 0 bridgehead atoms. The molecule has 0 aromatic heterocycles. The summed E-state index contributed by atoms with van der Waals surface area (Å²) in [6.07, 6.45) is 4.05. The van der Waals surface area contributed by atoms with Crippen LogP contribution in [0.25, 0.3) is 0 Å². The molecule has 1 N–H and O–H groups in total. The van der Waals surface area contributed by atoms with E-state index in [-0.39, 0.29) is 11.3 Å². The van der Waals surface area contributed by atoms with Gasteiger partial charge < -0.3 is 10.1 Å². The zero-order valence-electron chi connectivity index (χ0n) is 15.0. The molecule has 0 unspecified atom stereocenters. The third kappa shape index (κ3) is 4.29. The summed E-state index contributed by atoms with van der Waals surface area (Å²) >= 11 is 0. The Balaban J connectivity index is 1.69. The number of aryl methyl sites for hydroxylation is 1. The molecule has 0 saturated carbocycles. The number of ether oxygens (including phenoxy) is 1. The highest BCUT2D eigenvalue weighted by Gasteiger charge is 2.34. The van der Waals surface area contributed by atoms with Gasteiger partial charge in [0.15, 0.2) is 0 Å². The average Bonchev–Trinajstić information content (AvgIpc) is 2.68. The van der Waals surface area contributed by atoms with Crippen LogP contribution in [0.5, 0.6) is 0 Å². The Kier molecular flexibility index (Phi) is 5.87. The molecule has 2 aromatic rings. The van der Waals surface area contributed by atoms with E-state index in [2.05, 4.69) is 48.6 Å². The molecule has 2 aromatic carbocycles. The van der Waals surface area contributed by atoms with Crippen molar-refractivity contribution in [1.29, 1.82) is 0 Å². The van der Waals surface area contributed by atoms with Gasteiger partial charge in [-0.25, -0.2) is 0 Å². The summed E-state index contributed by atoms with van der Waals surface area (Å²) in [6, 6.07) is 18.5. The first-order chi connectivity index (χ1) is 12.2. The van der Waals surface area contributed by atoms with Crippen molar-refractivity contribution in [3.8, 4) is 0 Å². The van der Waals surface area contributed by atoms with E-state index in [1.165, 1.54) is 11.1 Å². The molecule has 1 fully saturated rings. The van der Waals surface area contributed by atoms with E-state index in [1.54, 1.807) is 0 Å². The summed E-state index contributed by atoms with van der Waals surface area (Å²) in [5.74, 6) is 0.00449. The lowest BCUT2D eigenvalue weighted by atomic mass is 9.74. The highest BCUT2D eigenvalue weighted by Crippen LogP contribution is 2.34. The quantitative estimate of drug-likeness (QED) is 0.861. The third-order valence-electron chi connectivity index (χ3n) is 5.18. The molecule has 1 saturated heterocycles. The first-order valence-electron chi connectivity index (χ1n) is 9.24. The molecular weight excluding hydrogens is 310 g/mol. The maximum absolute atomic E-state index is 12.6. The number of carbonyl (C=O) groups is 1. The van der Waals surface area contributed by atoms with E-state index >= 15 is 0 Å². The van der Waals surface area contributed by atoms with Gasteiger partial charge in [0, 0.05) is 30.7 Å². The molecule has 25 heavy (non-hydrogen) atoms. The standard InChI is InChI=1S/C22H27NO2/c1-2-6-18-9-11-19(12-10-18)21(24)23-17-22(13-15-25-16-14-22)20-7-4-3-5-8-20/h3-5,7-12H,2,6,13-17H2,1H3,(H,23,24). The number of hydrogen-bond acceptors (Lipinski definition) is 2. The minimum Gasteiger partial charge on any atom is -0.381 e. The molecule has 1 amide bonds. The minimum atomic E-state index is -0.0304. The molecule has 0 spiro atoms. The fraction of sp³-hybridized carbons (Fsp3) is 0.409. The van der Waals surface area contributed by atoms with Gasteiger partial charge in [0.1, 0.15) is 0 Å². The van der Waals surface area contributed by atoms with Crippen LogP contribution in [0.3, 0.4) is 0 Å². The maximum atomic E-state index is 12.6. The van der Waals surface area contributed by atoms with E-state index in [1.807, 2.05) is 18.2 Å². The van der Waals surface area contributed by atoms with Gasteiger partial charge in [0.2, 0.25) is 0 Å². The molecule has 3 rings (SSSR count). The fourth-order valence-corrected chi connectivity index (χ4v) is 3.58. The van der Waals surface area contributed by atoms with Crippen LogP contribution in [0.4, 0.5) is 0 Å². The van der Waals surface area contributed by atoms with E-state index in [9.17, 15) is 4.79 Å². The molecule has 1 aliphatic heterocycles. The fourth-order valence-electron chi connectivity index (χ4n) is 3.58. The summed E-state index contributed by atoms with van der Waals surface area (Å²) in [6.45, 7) is 4.31.